The van der Waals surface area contributed by atoms with E-state index in [1.807, 2.05) is 13.8 Å². The molecule has 1 rings (SSSR count). The maximum atomic E-state index is 12.0. The van der Waals surface area contributed by atoms with Crippen LogP contribution in [-0.4, -0.2) is 31.6 Å². The molecular formula is C17H23Cl2NO4. The normalized spacial score (nSPS) is 13.0. The molecule has 0 radical (unpaired) electrons. The quantitative estimate of drug-likeness (QED) is 0.525. The molecule has 0 aliphatic carbocycles. The van der Waals surface area contributed by atoms with Crippen LogP contribution in [0, 0.1) is 5.92 Å². The van der Waals surface area contributed by atoms with E-state index < -0.39 is 12.0 Å². The Labute approximate surface area is 152 Å². The summed E-state index contributed by atoms with van der Waals surface area (Å²) < 4.78 is 10.3. The van der Waals surface area contributed by atoms with Crippen molar-refractivity contribution in [3.05, 3.63) is 28.2 Å². The van der Waals surface area contributed by atoms with Gasteiger partial charge in [-0.05, 0) is 30.5 Å². The Morgan fingerprint density at radius 1 is 1.29 bits per heavy atom. The van der Waals surface area contributed by atoms with E-state index in [4.69, 9.17) is 32.7 Å². The molecule has 5 nitrogen and oxygen atoms in total. The number of rotatable bonds is 9. The molecule has 0 heterocycles. The fourth-order valence-corrected chi connectivity index (χ4v) is 2.51. The number of hydrogen-bond acceptors (Lipinski definition) is 4. The number of carbonyl (C=O) groups is 2. The van der Waals surface area contributed by atoms with Gasteiger partial charge in [-0.25, -0.2) is 4.79 Å². The minimum atomic E-state index is -0.626. The second-order valence-corrected chi connectivity index (χ2v) is 6.32. The molecule has 0 aliphatic heterocycles. The number of ether oxygens (including phenoxy) is 2. The number of carbonyl (C=O) groups excluding carboxylic acids is 2. The Kier molecular flexibility index (Phi) is 8.93. The maximum absolute atomic E-state index is 12.0. The van der Waals surface area contributed by atoms with Crippen LogP contribution in [0.25, 0.3) is 0 Å². The average molecular weight is 376 g/mol. The summed E-state index contributed by atoms with van der Waals surface area (Å²) in [5, 5.41) is 3.68. The lowest BCUT2D eigenvalue weighted by Crippen LogP contribution is -2.45. The van der Waals surface area contributed by atoms with Crippen LogP contribution in [0.5, 0.6) is 5.75 Å². The smallest absolute Gasteiger partial charge is 0.328 e. The van der Waals surface area contributed by atoms with Crippen molar-refractivity contribution in [2.24, 2.45) is 5.92 Å². The van der Waals surface area contributed by atoms with E-state index in [1.54, 1.807) is 18.2 Å². The van der Waals surface area contributed by atoms with Gasteiger partial charge in [0, 0.05) is 11.4 Å². The molecule has 2 atom stereocenters. The van der Waals surface area contributed by atoms with Crippen molar-refractivity contribution in [2.75, 3.05) is 13.7 Å². The van der Waals surface area contributed by atoms with Gasteiger partial charge >= 0.3 is 5.97 Å². The zero-order valence-corrected chi connectivity index (χ0v) is 15.6. The lowest BCUT2D eigenvalue weighted by atomic mass is 9.99. The van der Waals surface area contributed by atoms with Gasteiger partial charge in [0.05, 0.1) is 18.7 Å². The van der Waals surface area contributed by atoms with Crippen molar-refractivity contribution in [1.82, 2.24) is 5.32 Å². The minimum absolute atomic E-state index is 0.00511. The van der Waals surface area contributed by atoms with Gasteiger partial charge in [0.2, 0.25) is 5.91 Å². The maximum Gasteiger partial charge on any atom is 0.328 e. The van der Waals surface area contributed by atoms with E-state index in [1.165, 1.54) is 7.11 Å². The van der Waals surface area contributed by atoms with E-state index in [0.29, 0.717) is 28.8 Å². The van der Waals surface area contributed by atoms with Crippen molar-refractivity contribution in [2.45, 2.75) is 39.2 Å². The summed E-state index contributed by atoms with van der Waals surface area (Å²) in [5.74, 6) is -0.113. The van der Waals surface area contributed by atoms with Crippen LogP contribution in [0.4, 0.5) is 0 Å². The second kappa shape index (κ2) is 10.4. The van der Waals surface area contributed by atoms with Crippen molar-refractivity contribution >= 4 is 35.1 Å². The summed E-state index contributed by atoms with van der Waals surface area (Å²) in [4.78, 5) is 23.7. The van der Waals surface area contributed by atoms with Gasteiger partial charge < -0.3 is 14.8 Å². The Morgan fingerprint density at radius 2 is 2.00 bits per heavy atom. The Hall–Kier alpha value is -1.46. The number of nitrogens with one attached hydrogen (secondary N) is 1. The molecule has 0 aliphatic rings. The molecule has 1 aromatic carbocycles. The zero-order chi connectivity index (χ0) is 18.1. The fourth-order valence-electron chi connectivity index (χ4n) is 2.05. The number of halogens is 2. The molecule has 7 heteroatoms. The molecule has 24 heavy (non-hydrogen) atoms. The topological polar surface area (TPSA) is 64.6 Å². The van der Waals surface area contributed by atoms with Crippen LogP contribution in [-0.2, 0) is 14.3 Å². The standard InChI is InChI=1S/C17H23Cl2NO4/c1-4-11(2)16(17(22)23-3)20-15(21)6-5-9-24-14-8-7-12(18)10-13(14)19/h7-8,10-11,16H,4-6,9H2,1-3H3,(H,20,21). The highest BCUT2D eigenvalue weighted by Crippen LogP contribution is 2.27. The van der Waals surface area contributed by atoms with Gasteiger partial charge in [0.1, 0.15) is 11.8 Å². The first kappa shape index (κ1) is 20.6. The molecule has 0 saturated carbocycles. The Morgan fingerprint density at radius 3 is 2.58 bits per heavy atom. The molecule has 1 N–H and O–H groups in total. The third-order valence-corrected chi connectivity index (χ3v) is 4.21. The first-order valence-corrected chi connectivity index (χ1v) is 8.59. The highest BCUT2D eigenvalue weighted by atomic mass is 35.5. The molecule has 1 aromatic rings. The minimum Gasteiger partial charge on any atom is -0.492 e. The molecule has 2 unspecified atom stereocenters. The first-order chi connectivity index (χ1) is 11.4. The average Bonchev–Trinajstić information content (AvgIpc) is 2.56. The molecule has 0 fully saturated rings. The predicted molar refractivity (Wildman–Crippen MR) is 94.6 cm³/mol. The summed E-state index contributed by atoms with van der Waals surface area (Å²) in [6, 6.07) is 4.33. The summed E-state index contributed by atoms with van der Waals surface area (Å²) in [6.07, 6.45) is 1.51. The molecule has 0 bridgehead atoms. The summed E-state index contributed by atoms with van der Waals surface area (Å²) in [5.41, 5.74) is 0. The van der Waals surface area contributed by atoms with Crippen LogP contribution >= 0.6 is 23.2 Å². The van der Waals surface area contributed by atoms with Crippen molar-refractivity contribution in [3.8, 4) is 5.75 Å². The molecule has 1 amide bonds. The van der Waals surface area contributed by atoms with Crippen LogP contribution < -0.4 is 10.1 Å². The predicted octanol–water partition coefficient (Wildman–Crippen LogP) is 3.86. The number of benzene rings is 1. The third-order valence-electron chi connectivity index (χ3n) is 3.68. The molecule has 0 spiro atoms. The number of methoxy groups -OCH3 is 1. The molecule has 0 saturated heterocycles. The molecule has 0 aromatic heterocycles. The van der Waals surface area contributed by atoms with Gasteiger partial charge in [-0.15, -0.1) is 0 Å². The van der Waals surface area contributed by atoms with E-state index in [9.17, 15) is 9.59 Å². The largest absolute Gasteiger partial charge is 0.492 e. The third kappa shape index (κ3) is 6.57. The van der Waals surface area contributed by atoms with Crippen molar-refractivity contribution in [3.63, 3.8) is 0 Å². The van der Waals surface area contributed by atoms with Gasteiger partial charge in [0.15, 0.2) is 0 Å². The lowest BCUT2D eigenvalue weighted by Gasteiger charge is -2.21. The fraction of sp³-hybridized carbons (Fsp3) is 0.529. The first-order valence-electron chi connectivity index (χ1n) is 7.84. The Bertz CT molecular complexity index is 566. The van der Waals surface area contributed by atoms with Crippen molar-refractivity contribution < 1.29 is 19.1 Å². The number of esters is 1. The van der Waals surface area contributed by atoms with Crippen molar-refractivity contribution in [1.29, 1.82) is 0 Å². The van der Waals surface area contributed by atoms with Gasteiger partial charge in [-0.3, -0.25) is 4.79 Å². The summed E-state index contributed by atoms with van der Waals surface area (Å²) in [6.45, 7) is 4.19. The van der Waals surface area contributed by atoms with Gasteiger partial charge in [0.25, 0.3) is 0 Å². The lowest BCUT2D eigenvalue weighted by molar-refractivity contribution is -0.146. The van der Waals surface area contributed by atoms with Gasteiger partial charge in [-0.1, -0.05) is 43.5 Å². The zero-order valence-electron chi connectivity index (χ0n) is 14.1. The van der Waals surface area contributed by atoms with Crippen LogP contribution in [0.2, 0.25) is 10.0 Å². The number of amides is 1. The monoisotopic (exact) mass is 375 g/mol. The molecular weight excluding hydrogens is 353 g/mol. The SMILES string of the molecule is CCC(C)C(NC(=O)CCCOc1ccc(Cl)cc1Cl)C(=O)OC. The summed E-state index contributed by atoms with van der Waals surface area (Å²) in [7, 11) is 1.31. The second-order valence-electron chi connectivity index (χ2n) is 5.48. The highest BCUT2D eigenvalue weighted by molar-refractivity contribution is 6.35. The van der Waals surface area contributed by atoms with Crippen LogP contribution in [0.1, 0.15) is 33.1 Å². The summed E-state index contributed by atoms with van der Waals surface area (Å²) >= 11 is 11.8. The van der Waals surface area contributed by atoms with E-state index in [-0.39, 0.29) is 18.2 Å². The van der Waals surface area contributed by atoms with E-state index >= 15 is 0 Å². The highest BCUT2D eigenvalue weighted by Gasteiger charge is 2.26. The van der Waals surface area contributed by atoms with Crippen LogP contribution in [0.3, 0.4) is 0 Å². The Balaban J connectivity index is 2.41. The van der Waals surface area contributed by atoms with E-state index in [2.05, 4.69) is 5.32 Å². The van der Waals surface area contributed by atoms with Gasteiger partial charge in [-0.2, -0.15) is 0 Å². The number of hydrogen-bond donors (Lipinski definition) is 1. The van der Waals surface area contributed by atoms with Crippen LogP contribution in [0.15, 0.2) is 18.2 Å². The van der Waals surface area contributed by atoms with E-state index in [0.717, 1.165) is 6.42 Å². The molecule has 134 valence electrons.